The molecule has 13 heteroatoms. The molecule has 41 heavy (non-hydrogen) atoms. The van der Waals surface area contributed by atoms with Gasteiger partial charge in [0.25, 0.3) is 0 Å². The summed E-state index contributed by atoms with van der Waals surface area (Å²) in [5, 5.41) is 16.7. The molecule has 0 aromatic heterocycles. The standard InChI is InChI=1S/C28H44N4O9/c1-18(25(36)32-22(24(29)35)13-14-23(34)40-16-20-10-7-6-8-11-20)30-26(37)19(2)39-17-21(12-9-15-33)31-27(38)41-28(3,4)5/h6-8,10-11,18-19,21-22,33H,9,12-17H2,1-5H3,(H2,29,35)(H,30,37)(H,31,38)(H,32,36)/t18-,19+,21-,22+/m0/s1. The predicted octanol–water partition coefficient (Wildman–Crippen LogP) is 1.06. The number of primary amides is 1. The number of carbonyl (C=O) groups is 5. The van der Waals surface area contributed by atoms with Crippen molar-refractivity contribution in [3.05, 3.63) is 35.9 Å². The van der Waals surface area contributed by atoms with Gasteiger partial charge >= 0.3 is 12.1 Å². The van der Waals surface area contributed by atoms with Crippen molar-refractivity contribution in [2.45, 2.75) is 96.7 Å². The van der Waals surface area contributed by atoms with E-state index in [9.17, 15) is 24.0 Å². The van der Waals surface area contributed by atoms with Crippen LogP contribution in [0.3, 0.4) is 0 Å². The summed E-state index contributed by atoms with van der Waals surface area (Å²) in [4.78, 5) is 61.2. The predicted molar refractivity (Wildman–Crippen MR) is 149 cm³/mol. The number of aliphatic hydroxyl groups is 1. The average molecular weight is 581 g/mol. The van der Waals surface area contributed by atoms with Gasteiger partial charge in [0.15, 0.2) is 0 Å². The first kappa shape index (κ1) is 35.3. The Hall–Kier alpha value is -3.71. The van der Waals surface area contributed by atoms with Crippen LogP contribution in [0.15, 0.2) is 30.3 Å². The van der Waals surface area contributed by atoms with Crippen molar-refractivity contribution in [1.29, 1.82) is 0 Å². The maximum absolute atomic E-state index is 12.6. The molecule has 0 aliphatic carbocycles. The number of carbonyl (C=O) groups excluding carboxylic acids is 5. The lowest BCUT2D eigenvalue weighted by Crippen LogP contribution is -2.53. The molecule has 0 aliphatic heterocycles. The highest BCUT2D eigenvalue weighted by Crippen LogP contribution is 2.09. The van der Waals surface area contributed by atoms with E-state index in [2.05, 4.69) is 16.0 Å². The molecular weight excluding hydrogens is 536 g/mol. The van der Waals surface area contributed by atoms with Crippen molar-refractivity contribution in [2.24, 2.45) is 5.73 Å². The second-order valence-corrected chi connectivity index (χ2v) is 10.6. The Labute approximate surface area is 240 Å². The van der Waals surface area contributed by atoms with Crippen LogP contribution >= 0.6 is 0 Å². The maximum atomic E-state index is 12.6. The lowest BCUT2D eigenvalue weighted by molar-refractivity contribution is -0.145. The molecule has 1 rings (SSSR count). The topological polar surface area (TPSA) is 195 Å². The van der Waals surface area contributed by atoms with Crippen LogP contribution < -0.4 is 21.7 Å². The van der Waals surface area contributed by atoms with Crippen molar-refractivity contribution in [3.8, 4) is 0 Å². The molecule has 0 bridgehead atoms. The van der Waals surface area contributed by atoms with E-state index in [4.69, 9.17) is 25.1 Å². The normalized spacial score (nSPS) is 14.1. The number of nitrogens with one attached hydrogen (secondary N) is 3. The van der Waals surface area contributed by atoms with Gasteiger partial charge in [-0.05, 0) is 59.4 Å². The molecule has 0 fully saturated rings. The monoisotopic (exact) mass is 580 g/mol. The van der Waals surface area contributed by atoms with Crippen LogP contribution in [0.5, 0.6) is 0 Å². The number of aliphatic hydroxyl groups excluding tert-OH is 1. The van der Waals surface area contributed by atoms with Gasteiger partial charge in [-0.2, -0.15) is 0 Å². The third-order valence-electron chi connectivity index (χ3n) is 5.64. The first-order valence-corrected chi connectivity index (χ1v) is 13.5. The van der Waals surface area contributed by atoms with Gasteiger partial charge in [0.05, 0.1) is 12.6 Å². The molecule has 6 N–H and O–H groups in total. The number of alkyl carbamates (subject to hydrolysis) is 1. The van der Waals surface area contributed by atoms with E-state index in [0.717, 1.165) is 5.56 Å². The molecule has 0 aliphatic rings. The zero-order valence-corrected chi connectivity index (χ0v) is 24.4. The minimum absolute atomic E-state index is 0.0431. The molecule has 230 valence electrons. The Morgan fingerprint density at radius 2 is 1.61 bits per heavy atom. The van der Waals surface area contributed by atoms with Crippen molar-refractivity contribution in [2.75, 3.05) is 13.2 Å². The lowest BCUT2D eigenvalue weighted by atomic mass is 10.1. The van der Waals surface area contributed by atoms with E-state index in [1.54, 1.807) is 32.9 Å². The summed E-state index contributed by atoms with van der Waals surface area (Å²) in [6.07, 6.45) is -1.09. The zero-order chi connectivity index (χ0) is 31.0. The summed E-state index contributed by atoms with van der Waals surface area (Å²) in [5.41, 5.74) is 5.50. The summed E-state index contributed by atoms with van der Waals surface area (Å²) in [6.45, 7) is 8.02. The fraction of sp³-hybridized carbons (Fsp3) is 0.607. The highest BCUT2D eigenvalue weighted by Gasteiger charge is 2.26. The van der Waals surface area contributed by atoms with E-state index >= 15 is 0 Å². The summed E-state index contributed by atoms with van der Waals surface area (Å²) in [6, 6.07) is 6.35. The number of rotatable bonds is 17. The number of esters is 1. The zero-order valence-electron chi connectivity index (χ0n) is 24.4. The first-order chi connectivity index (χ1) is 19.2. The van der Waals surface area contributed by atoms with E-state index in [1.165, 1.54) is 13.8 Å². The van der Waals surface area contributed by atoms with Gasteiger partial charge in [-0.25, -0.2) is 4.79 Å². The van der Waals surface area contributed by atoms with E-state index < -0.39 is 59.6 Å². The smallest absolute Gasteiger partial charge is 0.407 e. The van der Waals surface area contributed by atoms with Gasteiger partial charge in [-0.15, -0.1) is 0 Å². The van der Waals surface area contributed by atoms with Gasteiger partial charge in [-0.3, -0.25) is 19.2 Å². The van der Waals surface area contributed by atoms with Crippen molar-refractivity contribution >= 4 is 29.8 Å². The Kier molecular flexibility index (Phi) is 15.4. The van der Waals surface area contributed by atoms with Gasteiger partial charge in [0, 0.05) is 13.0 Å². The number of hydrogen-bond acceptors (Lipinski definition) is 9. The SMILES string of the molecule is C[C@H](NC(=O)[C@@H](C)OC[C@H](CCCO)NC(=O)OC(C)(C)C)C(=O)N[C@H](CCC(=O)OCc1ccccc1)C(N)=O. The molecule has 1 aromatic carbocycles. The molecule has 0 saturated carbocycles. The Balaban J connectivity index is 2.54. The van der Waals surface area contributed by atoms with Gasteiger partial charge < -0.3 is 41.0 Å². The van der Waals surface area contributed by atoms with Crippen molar-refractivity contribution in [1.82, 2.24) is 16.0 Å². The molecule has 0 unspecified atom stereocenters. The summed E-state index contributed by atoms with van der Waals surface area (Å²) < 4.78 is 16.0. The fourth-order valence-corrected chi connectivity index (χ4v) is 3.40. The number of amides is 4. The second-order valence-electron chi connectivity index (χ2n) is 10.6. The summed E-state index contributed by atoms with van der Waals surface area (Å²) in [7, 11) is 0. The lowest BCUT2D eigenvalue weighted by Gasteiger charge is -2.25. The summed E-state index contributed by atoms with van der Waals surface area (Å²) in [5.74, 6) is -2.68. The average Bonchev–Trinajstić information content (AvgIpc) is 2.90. The van der Waals surface area contributed by atoms with Crippen LogP contribution in [0.25, 0.3) is 0 Å². The van der Waals surface area contributed by atoms with Crippen LogP contribution in [0.2, 0.25) is 0 Å². The highest BCUT2D eigenvalue weighted by molar-refractivity contribution is 5.92. The van der Waals surface area contributed by atoms with Crippen molar-refractivity contribution < 1.29 is 43.3 Å². The Morgan fingerprint density at radius 1 is 0.951 bits per heavy atom. The second kappa shape index (κ2) is 17.9. The van der Waals surface area contributed by atoms with Gasteiger partial charge in [0.1, 0.15) is 30.4 Å². The molecular formula is C28H44N4O9. The maximum Gasteiger partial charge on any atom is 0.407 e. The van der Waals surface area contributed by atoms with Crippen LogP contribution in [-0.4, -0.2) is 77.9 Å². The first-order valence-electron chi connectivity index (χ1n) is 13.5. The molecule has 13 nitrogen and oxygen atoms in total. The Bertz CT molecular complexity index is 998. The van der Waals surface area contributed by atoms with Gasteiger partial charge in [0.2, 0.25) is 17.7 Å². The molecule has 1 aromatic rings. The molecule has 0 heterocycles. The van der Waals surface area contributed by atoms with Crippen LogP contribution in [0.1, 0.15) is 65.9 Å². The molecule has 4 atom stereocenters. The minimum Gasteiger partial charge on any atom is -0.461 e. The highest BCUT2D eigenvalue weighted by atomic mass is 16.6. The number of hydrogen-bond donors (Lipinski definition) is 5. The van der Waals surface area contributed by atoms with Crippen LogP contribution in [0.4, 0.5) is 4.79 Å². The fourth-order valence-electron chi connectivity index (χ4n) is 3.40. The molecule has 0 saturated heterocycles. The quantitative estimate of drug-likeness (QED) is 0.167. The molecule has 4 amide bonds. The Morgan fingerprint density at radius 3 is 2.20 bits per heavy atom. The van der Waals surface area contributed by atoms with Crippen LogP contribution in [-0.2, 0) is 40.0 Å². The minimum atomic E-state index is -1.15. The van der Waals surface area contributed by atoms with Crippen molar-refractivity contribution in [3.63, 3.8) is 0 Å². The number of benzene rings is 1. The van der Waals surface area contributed by atoms with E-state index in [1.807, 2.05) is 18.2 Å². The van der Waals surface area contributed by atoms with E-state index in [-0.39, 0.29) is 32.7 Å². The molecule has 0 radical (unpaired) electrons. The third-order valence-corrected chi connectivity index (χ3v) is 5.64. The third kappa shape index (κ3) is 15.6. The van der Waals surface area contributed by atoms with Gasteiger partial charge in [-0.1, -0.05) is 30.3 Å². The number of nitrogens with two attached hydrogens (primary N) is 1. The number of ether oxygens (including phenoxy) is 3. The van der Waals surface area contributed by atoms with E-state index in [0.29, 0.717) is 12.8 Å². The summed E-state index contributed by atoms with van der Waals surface area (Å²) >= 11 is 0. The largest absolute Gasteiger partial charge is 0.461 e. The van der Waals surface area contributed by atoms with Crippen LogP contribution in [0, 0.1) is 0 Å². The molecule has 0 spiro atoms.